The van der Waals surface area contributed by atoms with E-state index >= 15 is 0 Å². The molecular weight excluding hydrogens is 248 g/mol. The van der Waals surface area contributed by atoms with Gasteiger partial charge in [0, 0.05) is 19.6 Å². The van der Waals surface area contributed by atoms with Crippen LogP contribution in [0.15, 0.2) is 30.3 Å². The van der Waals surface area contributed by atoms with E-state index in [1.165, 1.54) is 24.9 Å². The normalized spacial score (nSPS) is 17.8. The summed E-state index contributed by atoms with van der Waals surface area (Å²) in [4.78, 5) is 4.85. The molecule has 1 saturated heterocycles. The number of hydrogen-bond donors (Lipinski definition) is 1. The van der Waals surface area contributed by atoms with E-state index in [0.717, 1.165) is 38.5 Å². The zero-order valence-electron chi connectivity index (χ0n) is 12.7. The molecule has 0 atom stereocenters. The van der Waals surface area contributed by atoms with Gasteiger partial charge < -0.3 is 14.9 Å². The second kappa shape index (κ2) is 8.40. The van der Waals surface area contributed by atoms with Crippen LogP contribution < -0.4 is 0 Å². The number of piperidine rings is 1. The molecule has 1 aromatic carbocycles. The maximum Gasteiger partial charge on any atom is 0.0558 e. The molecule has 0 bridgehead atoms. The third-order valence-electron chi connectivity index (χ3n) is 4.32. The maximum atomic E-state index is 8.96. The molecule has 0 aliphatic carbocycles. The van der Waals surface area contributed by atoms with Gasteiger partial charge in [0.15, 0.2) is 0 Å². The highest BCUT2D eigenvalue weighted by Gasteiger charge is 2.19. The van der Waals surface area contributed by atoms with Crippen LogP contribution >= 0.6 is 0 Å². The molecule has 1 aliphatic rings. The van der Waals surface area contributed by atoms with Gasteiger partial charge in [-0.2, -0.15) is 0 Å². The van der Waals surface area contributed by atoms with Crippen LogP contribution in [0.5, 0.6) is 0 Å². The summed E-state index contributed by atoms with van der Waals surface area (Å²) in [5.74, 6) is 0.825. The van der Waals surface area contributed by atoms with Crippen molar-refractivity contribution in [2.45, 2.75) is 19.3 Å². The molecule has 20 heavy (non-hydrogen) atoms. The van der Waals surface area contributed by atoms with E-state index in [0.29, 0.717) is 6.61 Å². The van der Waals surface area contributed by atoms with Gasteiger partial charge in [0.1, 0.15) is 0 Å². The molecule has 0 aromatic heterocycles. The lowest BCUT2D eigenvalue weighted by Crippen LogP contribution is -2.39. The minimum Gasteiger partial charge on any atom is -0.395 e. The lowest BCUT2D eigenvalue weighted by atomic mass is 9.96. The van der Waals surface area contributed by atoms with E-state index in [1.54, 1.807) is 0 Å². The summed E-state index contributed by atoms with van der Waals surface area (Å²) in [7, 11) is 2.24. The summed E-state index contributed by atoms with van der Waals surface area (Å²) in [5, 5.41) is 8.96. The molecule has 3 nitrogen and oxygen atoms in total. The maximum absolute atomic E-state index is 8.96. The van der Waals surface area contributed by atoms with Crippen LogP contribution in [0.4, 0.5) is 0 Å². The number of benzene rings is 1. The zero-order chi connectivity index (χ0) is 14.2. The minimum absolute atomic E-state index is 0.293. The van der Waals surface area contributed by atoms with E-state index in [9.17, 15) is 0 Å². The molecule has 0 radical (unpaired) electrons. The number of aliphatic hydroxyl groups is 1. The largest absolute Gasteiger partial charge is 0.395 e. The Morgan fingerprint density at radius 3 is 2.55 bits per heavy atom. The Hall–Kier alpha value is -0.900. The lowest BCUT2D eigenvalue weighted by Gasteiger charge is -2.33. The monoisotopic (exact) mass is 276 g/mol. The summed E-state index contributed by atoms with van der Waals surface area (Å²) in [6, 6.07) is 10.7. The van der Waals surface area contributed by atoms with Crippen molar-refractivity contribution in [1.29, 1.82) is 0 Å². The van der Waals surface area contributed by atoms with E-state index in [1.807, 2.05) is 0 Å². The van der Waals surface area contributed by atoms with Crippen LogP contribution in [0.1, 0.15) is 18.4 Å². The Labute approximate surface area is 123 Å². The van der Waals surface area contributed by atoms with Gasteiger partial charge in [-0.05, 0) is 50.9 Å². The van der Waals surface area contributed by atoms with Gasteiger partial charge in [-0.15, -0.1) is 0 Å². The molecule has 0 saturated carbocycles. The highest BCUT2D eigenvalue weighted by atomic mass is 16.3. The van der Waals surface area contributed by atoms with E-state index in [-0.39, 0.29) is 0 Å². The fourth-order valence-electron chi connectivity index (χ4n) is 3.03. The van der Waals surface area contributed by atoms with Crippen molar-refractivity contribution in [3.05, 3.63) is 35.9 Å². The molecular formula is C17H28N2O. The first-order valence-corrected chi connectivity index (χ1v) is 7.83. The van der Waals surface area contributed by atoms with Gasteiger partial charge in [0.2, 0.25) is 0 Å². The van der Waals surface area contributed by atoms with Gasteiger partial charge in [-0.25, -0.2) is 0 Å². The molecule has 2 rings (SSSR count). The fraction of sp³-hybridized carbons (Fsp3) is 0.647. The molecule has 1 heterocycles. The van der Waals surface area contributed by atoms with Crippen LogP contribution in [-0.4, -0.2) is 61.3 Å². The van der Waals surface area contributed by atoms with Gasteiger partial charge in [0.05, 0.1) is 6.61 Å². The predicted octanol–water partition coefficient (Wildman–Crippen LogP) is 1.87. The molecule has 0 amide bonds. The van der Waals surface area contributed by atoms with Crippen LogP contribution in [-0.2, 0) is 6.42 Å². The van der Waals surface area contributed by atoms with Crippen molar-refractivity contribution in [1.82, 2.24) is 9.80 Å². The van der Waals surface area contributed by atoms with E-state index in [2.05, 4.69) is 47.2 Å². The summed E-state index contributed by atoms with van der Waals surface area (Å²) in [6.45, 7) is 5.79. The number of nitrogens with zero attached hydrogens (tertiary/aromatic N) is 2. The van der Waals surface area contributed by atoms with Gasteiger partial charge in [-0.3, -0.25) is 0 Å². The van der Waals surface area contributed by atoms with Crippen molar-refractivity contribution in [3.8, 4) is 0 Å². The third-order valence-corrected chi connectivity index (χ3v) is 4.32. The highest BCUT2D eigenvalue weighted by Crippen LogP contribution is 2.17. The average Bonchev–Trinajstić information content (AvgIpc) is 2.49. The zero-order valence-corrected chi connectivity index (χ0v) is 12.7. The minimum atomic E-state index is 0.293. The Kier molecular flexibility index (Phi) is 6.51. The van der Waals surface area contributed by atoms with Crippen molar-refractivity contribution >= 4 is 0 Å². The van der Waals surface area contributed by atoms with Crippen molar-refractivity contribution < 1.29 is 5.11 Å². The Morgan fingerprint density at radius 1 is 1.20 bits per heavy atom. The third kappa shape index (κ3) is 5.23. The smallest absolute Gasteiger partial charge is 0.0558 e. The van der Waals surface area contributed by atoms with Gasteiger partial charge in [0.25, 0.3) is 0 Å². The molecule has 3 heteroatoms. The topological polar surface area (TPSA) is 26.7 Å². The first kappa shape index (κ1) is 15.5. The quantitative estimate of drug-likeness (QED) is 0.823. The molecule has 1 N–H and O–H groups in total. The lowest BCUT2D eigenvalue weighted by molar-refractivity contribution is 0.131. The number of likely N-dealkylation sites (N-methyl/N-ethyl adjacent to an activating group) is 1. The first-order chi connectivity index (χ1) is 9.78. The molecule has 1 aliphatic heterocycles. The summed E-state index contributed by atoms with van der Waals surface area (Å²) < 4.78 is 0. The molecule has 1 aromatic rings. The van der Waals surface area contributed by atoms with Crippen LogP contribution in [0.2, 0.25) is 0 Å². The molecule has 0 spiro atoms. The highest BCUT2D eigenvalue weighted by molar-refractivity contribution is 5.14. The summed E-state index contributed by atoms with van der Waals surface area (Å²) >= 11 is 0. The Balaban J connectivity index is 1.64. The SMILES string of the molecule is CN(CCc1ccccc1)CC1CCN(CCO)CC1. The van der Waals surface area contributed by atoms with Crippen LogP contribution in [0.3, 0.4) is 0 Å². The Morgan fingerprint density at radius 2 is 1.90 bits per heavy atom. The molecule has 1 fully saturated rings. The van der Waals surface area contributed by atoms with Crippen molar-refractivity contribution in [3.63, 3.8) is 0 Å². The van der Waals surface area contributed by atoms with Crippen LogP contribution in [0, 0.1) is 5.92 Å². The van der Waals surface area contributed by atoms with Crippen LogP contribution in [0.25, 0.3) is 0 Å². The number of likely N-dealkylation sites (tertiary alicyclic amines) is 1. The van der Waals surface area contributed by atoms with Gasteiger partial charge in [-0.1, -0.05) is 30.3 Å². The molecule has 112 valence electrons. The number of β-amino-alcohol motifs (C(OH)–C–C–N with tert-alkyl or cyclic N) is 1. The molecule has 0 unspecified atom stereocenters. The second-order valence-corrected chi connectivity index (χ2v) is 6.01. The van der Waals surface area contributed by atoms with Gasteiger partial charge >= 0.3 is 0 Å². The fourth-order valence-corrected chi connectivity index (χ4v) is 3.03. The predicted molar refractivity (Wildman–Crippen MR) is 83.9 cm³/mol. The number of rotatable bonds is 7. The Bertz CT molecular complexity index is 361. The van der Waals surface area contributed by atoms with Crippen molar-refractivity contribution in [2.75, 3.05) is 46.4 Å². The van der Waals surface area contributed by atoms with E-state index < -0.39 is 0 Å². The number of aliphatic hydroxyl groups excluding tert-OH is 1. The van der Waals surface area contributed by atoms with E-state index in [4.69, 9.17) is 5.11 Å². The second-order valence-electron chi connectivity index (χ2n) is 6.01. The first-order valence-electron chi connectivity index (χ1n) is 7.83. The summed E-state index contributed by atoms with van der Waals surface area (Å²) in [6.07, 6.45) is 3.69. The average molecular weight is 276 g/mol. The summed E-state index contributed by atoms with van der Waals surface area (Å²) in [5.41, 5.74) is 1.43. The standard InChI is InChI=1S/C17H28N2O/c1-18(10-7-16-5-3-2-4-6-16)15-17-8-11-19(12-9-17)13-14-20/h2-6,17,20H,7-15H2,1H3. The van der Waals surface area contributed by atoms with Crippen molar-refractivity contribution in [2.24, 2.45) is 5.92 Å². The number of hydrogen-bond acceptors (Lipinski definition) is 3.